The van der Waals surface area contributed by atoms with E-state index in [-0.39, 0.29) is 28.4 Å². The lowest BCUT2D eigenvalue weighted by Crippen LogP contribution is -2.61. The van der Waals surface area contributed by atoms with Gasteiger partial charge in [-0.1, -0.05) is 155 Å². The number of rotatable bonds is 2. The van der Waals surface area contributed by atoms with Gasteiger partial charge in [0.15, 0.2) is 0 Å². The van der Waals surface area contributed by atoms with Crippen molar-refractivity contribution in [2.24, 2.45) is 0 Å². The molecular formula is C51H57BN2. The number of anilines is 6. The Morgan fingerprint density at radius 2 is 0.833 bits per heavy atom. The van der Waals surface area contributed by atoms with E-state index >= 15 is 0 Å². The molecule has 2 nitrogen and oxygen atoms in total. The lowest BCUT2D eigenvalue weighted by atomic mass is 9.33. The van der Waals surface area contributed by atoms with Gasteiger partial charge in [-0.25, -0.2) is 0 Å². The molecule has 0 saturated carbocycles. The topological polar surface area (TPSA) is 6.48 Å². The van der Waals surface area contributed by atoms with E-state index in [1.807, 2.05) is 0 Å². The zero-order chi connectivity index (χ0) is 38.7. The Balaban J connectivity index is 1.52. The average Bonchev–Trinajstić information content (AvgIpc) is 3.09. The molecule has 2 aliphatic heterocycles. The van der Waals surface area contributed by atoms with Crippen molar-refractivity contribution in [3.05, 3.63) is 137 Å². The van der Waals surface area contributed by atoms with Crippen LogP contribution in [0, 0.1) is 6.92 Å². The maximum absolute atomic E-state index is 2.58. The van der Waals surface area contributed by atoms with Crippen LogP contribution in [0.1, 0.15) is 111 Å². The molecule has 0 amide bonds. The number of hydrogen-bond donors (Lipinski definition) is 0. The molecule has 2 aliphatic rings. The largest absolute Gasteiger partial charge is 0.311 e. The molecule has 6 aromatic rings. The number of nitrogens with zero attached hydrogens (tertiary/aromatic N) is 2. The first-order chi connectivity index (χ1) is 25.2. The number of hydrogen-bond acceptors (Lipinski definition) is 2. The third-order valence-electron chi connectivity index (χ3n) is 11.9. The van der Waals surface area contributed by atoms with Gasteiger partial charge in [0.05, 0.1) is 5.69 Å². The van der Waals surface area contributed by atoms with E-state index in [9.17, 15) is 0 Å². The Morgan fingerprint density at radius 1 is 0.407 bits per heavy atom. The van der Waals surface area contributed by atoms with Gasteiger partial charge in [0.25, 0.3) is 6.71 Å². The van der Waals surface area contributed by atoms with Gasteiger partial charge in [-0.3, -0.25) is 0 Å². The van der Waals surface area contributed by atoms with Crippen LogP contribution in [-0.4, -0.2) is 6.71 Å². The fourth-order valence-corrected chi connectivity index (χ4v) is 8.63. The summed E-state index contributed by atoms with van der Waals surface area (Å²) in [6, 6.07) is 42.8. The molecule has 3 heteroatoms. The van der Waals surface area contributed by atoms with Crippen molar-refractivity contribution in [2.45, 2.75) is 112 Å². The van der Waals surface area contributed by atoms with Crippen LogP contribution >= 0.6 is 0 Å². The second kappa shape index (κ2) is 12.1. The number of benzene rings is 6. The van der Waals surface area contributed by atoms with Crippen LogP contribution in [0.15, 0.2) is 109 Å². The molecular weight excluding hydrogens is 651 g/mol. The van der Waals surface area contributed by atoms with Crippen LogP contribution in [0.25, 0.3) is 10.8 Å². The van der Waals surface area contributed by atoms with Crippen molar-refractivity contribution in [3.8, 4) is 0 Å². The maximum atomic E-state index is 2.58. The molecule has 0 unspecified atom stereocenters. The predicted octanol–water partition coefficient (Wildman–Crippen LogP) is 12.4. The Hall–Kier alpha value is -4.76. The molecule has 0 spiro atoms. The van der Waals surface area contributed by atoms with Crippen molar-refractivity contribution in [3.63, 3.8) is 0 Å². The Labute approximate surface area is 325 Å². The Kier molecular flexibility index (Phi) is 8.13. The normalized spacial score (nSPS) is 14.3. The van der Waals surface area contributed by atoms with Gasteiger partial charge in [0.2, 0.25) is 0 Å². The highest BCUT2D eigenvalue weighted by Gasteiger charge is 2.45. The summed E-state index contributed by atoms with van der Waals surface area (Å²) < 4.78 is 0. The summed E-state index contributed by atoms with van der Waals surface area (Å²) in [6.07, 6.45) is 0. The highest BCUT2D eigenvalue weighted by Crippen LogP contribution is 2.48. The summed E-state index contributed by atoms with van der Waals surface area (Å²) in [5.41, 5.74) is 18.4. The van der Waals surface area contributed by atoms with Gasteiger partial charge in [-0.15, -0.1) is 0 Å². The summed E-state index contributed by atoms with van der Waals surface area (Å²) >= 11 is 0. The highest BCUT2D eigenvalue weighted by molar-refractivity contribution is 7.00. The van der Waals surface area contributed by atoms with Crippen molar-refractivity contribution >= 4 is 68.0 Å². The minimum atomic E-state index is 0.00380. The van der Waals surface area contributed by atoms with Crippen molar-refractivity contribution in [2.75, 3.05) is 9.80 Å². The molecule has 0 aromatic heterocycles. The Bertz CT molecular complexity index is 2400. The van der Waals surface area contributed by atoms with Gasteiger partial charge in [-0.05, 0) is 115 Å². The smallest absolute Gasteiger partial charge is 0.252 e. The number of fused-ring (bicyclic) bond motifs is 6. The molecule has 54 heavy (non-hydrogen) atoms. The predicted molar refractivity (Wildman–Crippen MR) is 238 cm³/mol. The van der Waals surface area contributed by atoms with Gasteiger partial charge in [0.1, 0.15) is 0 Å². The van der Waals surface area contributed by atoms with Gasteiger partial charge in [-0.2, -0.15) is 0 Å². The first kappa shape index (κ1) is 36.2. The molecule has 0 bridgehead atoms. The van der Waals surface area contributed by atoms with E-state index in [2.05, 4.69) is 209 Å². The molecule has 8 rings (SSSR count). The molecule has 0 fully saturated rings. The molecule has 0 aliphatic carbocycles. The Morgan fingerprint density at radius 3 is 1.30 bits per heavy atom. The SMILES string of the molecule is Cc1ccc2c3c4c(cc2c1)N(c1ccc(C(C)(C)C)cc1)c1ccc(C(C)(C)C)cc1B4c1cc(C(C)(C)C)ccc1N3c1ccc(C(C)(C)C)cc1. The van der Waals surface area contributed by atoms with Crippen molar-refractivity contribution in [1.29, 1.82) is 0 Å². The van der Waals surface area contributed by atoms with Gasteiger partial charge in [0, 0.05) is 33.8 Å². The monoisotopic (exact) mass is 708 g/mol. The second-order valence-corrected chi connectivity index (χ2v) is 20.1. The third kappa shape index (κ3) is 5.96. The molecule has 0 N–H and O–H groups in total. The van der Waals surface area contributed by atoms with E-state index < -0.39 is 0 Å². The van der Waals surface area contributed by atoms with E-state index in [0.29, 0.717) is 0 Å². The van der Waals surface area contributed by atoms with Crippen LogP contribution in [0.4, 0.5) is 34.1 Å². The maximum Gasteiger partial charge on any atom is 0.252 e. The fourth-order valence-electron chi connectivity index (χ4n) is 8.63. The molecule has 6 aromatic carbocycles. The van der Waals surface area contributed by atoms with Crippen LogP contribution in [0.2, 0.25) is 0 Å². The summed E-state index contributed by atoms with van der Waals surface area (Å²) in [5.74, 6) is 0. The lowest BCUT2D eigenvalue weighted by Gasteiger charge is -2.45. The minimum Gasteiger partial charge on any atom is -0.311 e. The average molecular weight is 709 g/mol. The first-order valence-corrected chi connectivity index (χ1v) is 19.9. The number of aryl methyl sites for hydroxylation is 1. The van der Waals surface area contributed by atoms with Gasteiger partial charge < -0.3 is 9.80 Å². The third-order valence-corrected chi connectivity index (χ3v) is 11.9. The fraction of sp³-hybridized carbons (Fsp3) is 0.333. The molecule has 0 radical (unpaired) electrons. The molecule has 274 valence electrons. The van der Waals surface area contributed by atoms with Crippen LogP contribution < -0.4 is 26.2 Å². The minimum absolute atomic E-state index is 0.00380. The first-order valence-electron chi connectivity index (χ1n) is 19.9. The van der Waals surface area contributed by atoms with E-state index in [1.165, 1.54) is 89.1 Å². The van der Waals surface area contributed by atoms with Crippen LogP contribution in [0.3, 0.4) is 0 Å². The summed E-state index contributed by atoms with van der Waals surface area (Å²) in [4.78, 5) is 5.14. The summed E-state index contributed by atoms with van der Waals surface area (Å²) in [6.45, 7) is 30.1. The zero-order valence-electron chi connectivity index (χ0n) is 34.9. The van der Waals surface area contributed by atoms with E-state index in [1.54, 1.807) is 0 Å². The molecule has 2 heterocycles. The highest BCUT2D eigenvalue weighted by atomic mass is 15.2. The zero-order valence-corrected chi connectivity index (χ0v) is 34.9. The van der Waals surface area contributed by atoms with Gasteiger partial charge >= 0.3 is 0 Å². The summed E-state index contributed by atoms with van der Waals surface area (Å²) in [5, 5.41) is 2.55. The van der Waals surface area contributed by atoms with E-state index in [4.69, 9.17) is 0 Å². The second-order valence-electron chi connectivity index (χ2n) is 20.1. The van der Waals surface area contributed by atoms with Crippen LogP contribution in [-0.2, 0) is 21.7 Å². The lowest BCUT2D eigenvalue weighted by molar-refractivity contribution is 0.590. The van der Waals surface area contributed by atoms with Crippen molar-refractivity contribution in [1.82, 2.24) is 0 Å². The van der Waals surface area contributed by atoms with E-state index in [0.717, 1.165) is 0 Å². The molecule has 0 saturated heterocycles. The van der Waals surface area contributed by atoms with Crippen molar-refractivity contribution < 1.29 is 0 Å². The quantitative estimate of drug-likeness (QED) is 0.165. The molecule has 0 atom stereocenters. The summed E-state index contributed by atoms with van der Waals surface area (Å²) in [7, 11) is 0. The van der Waals surface area contributed by atoms with Crippen LogP contribution in [0.5, 0.6) is 0 Å². The standard InChI is InChI=1S/C51H57BN2/c1-32-14-25-40-33(28-32)29-45-46-47(40)54(39-23-17-35(18-24-39)49(5,6)7)44-27-20-37(51(11,12)13)31-42(44)52(46)41-30-36(50(8,9)10)19-26-43(41)53(45)38-21-15-34(16-22-38)48(2,3)4/h14-31H,1-13H3.